The standard InChI is InChI=1S/C16H22N2O3/c1-16(2)20-13-9-18(10-14(13)21-16)15(19)8-5-11-3-6-12(17)7-4-11/h3-4,6-7,13-14H,5,8-10,17H2,1-2H3/t13-,14+. The summed E-state index contributed by atoms with van der Waals surface area (Å²) in [5.41, 5.74) is 7.53. The zero-order valence-electron chi connectivity index (χ0n) is 12.5. The first-order valence-electron chi connectivity index (χ1n) is 7.41. The first-order valence-corrected chi connectivity index (χ1v) is 7.41. The number of likely N-dealkylation sites (tertiary alicyclic amines) is 1. The highest BCUT2D eigenvalue weighted by Crippen LogP contribution is 2.33. The molecule has 1 aromatic carbocycles. The molecule has 2 saturated heterocycles. The lowest BCUT2D eigenvalue weighted by Crippen LogP contribution is -2.34. The Hall–Kier alpha value is -1.59. The number of benzene rings is 1. The molecule has 5 nitrogen and oxygen atoms in total. The van der Waals surface area contributed by atoms with Crippen molar-refractivity contribution in [3.05, 3.63) is 29.8 Å². The number of nitrogens with zero attached hydrogens (tertiary/aromatic N) is 1. The van der Waals surface area contributed by atoms with E-state index in [1.807, 2.05) is 43.0 Å². The van der Waals surface area contributed by atoms with Gasteiger partial charge in [-0.2, -0.15) is 0 Å². The van der Waals surface area contributed by atoms with Crippen LogP contribution in [0.4, 0.5) is 5.69 Å². The normalized spacial score (nSPS) is 26.9. The Bertz CT molecular complexity index is 511. The fourth-order valence-corrected chi connectivity index (χ4v) is 3.02. The number of carbonyl (C=O) groups is 1. The van der Waals surface area contributed by atoms with Crippen molar-refractivity contribution in [1.29, 1.82) is 0 Å². The summed E-state index contributed by atoms with van der Waals surface area (Å²) >= 11 is 0. The predicted octanol–water partition coefficient (Wildman–Crippen LogP) is 1.56. The number of amides is 1. The van der Waals surface area contributed by atoms with Crippen LogP contribution in [-0.4, -0.2) is 41.9 Å². The predicted molar refractivity (Wildman–Crippen MR) is 79.6 cm³/mol. The molecule has 1 amide bonds. The number of nitrogens with two attached hydrogens (primary N) is 1. The van der Waals surface area contributed by atoms with Crippen LogP contribution in [0.2, 0.25) is 0 Å². The highest BCUT2D eigenvalue weighted by Gasteiger charge is 2.47. The molecule has 0 spiro atoms. The lowest BCUT2D eigenvalue weighted by Gasteiger charge is -2.23. The number of hydrogen-bond donors (Lipinski definition) is 1. The summed E-state index contributed by atoms with van der Waals surface area (Å²) in [4.78, 5) is 14.1. The molecule has 2 aliphatic heterocycles. The minimum atomic E-state index is -0.519. The van der Waals surface area contributed by atoms with E-state index in [9.17, 15) is 4.79 Å². The number of anilines is 1. The summed E-state index contributed by atoms with van der Waals surface area (Å²) in [5, 5.41) is 0. The van der Waals surface area contributed by atoms with Gasteiger partial charge in [0.1, 0.15) is 12.2 Å². The van der Waals surface area contributed by atoms with Crippen molar-refractivity contribution in [2.45, 2.75) is 44.7 Å². The quantitative estimate of drug-likeness (QED) is 0.858. The Labute approximate surface area is 125 Å². The molecule has 0 aliphatic carbocycles. The molecule has 2 fully saturated rings. The minimum absolute atomic E-state index is 0.0143. The number of aryl methyl sites for hydroxylation is 1. The van der Waals surface area contributed by atoms with Gasteiger partial charge in [-0.25, -0.2) is 0 Å². The van der Waals surface area contributed by atoms with E-state index < -0.39 is 5.79 Å². The number of fused-ring (bicyclic) bond motifs is 1. The van der Waals surface area contributed by atoms with Crippen molar-refractivity contribution in [2.24, 2.45) is 0 Å². The van der Waals surface area contributed by atoms with Gasteiger partial charge in [-0.05, 0) is 38.0 Å². The fourth-order valence-electron chi connectivity index (χ4n) is 3.02. The molecule has 2 heterocycles. The number of carbonyl (C=O) groups excluding carboxylic acids is 1. The molecule has 0 aromatic heterocycles. The fraction of sp³-hybridized carbons (Fsp3) is 0.562. The molecule has 0 unspecified atom stereocenters. The monoisotopic (exact) mass is 290 g/mol. The first kappa shape index (κ1) is 14.4. The van der Waals surface area contributed by atoms with E-state index >= 15 is 0 Å². The zero-order chi connectivity index (χ0) is 15.0. The molecular formula is C16H22N2O3. The molecule has 5 heteroatoms. The molecule has 114 valence electrons. The lowest BCUT2D eigenvalue weighted by molar-refractivity contribution is -0.160. The van der Waals surface area contributed by atoms with Gasteiger partial charge in [-0.3, -0.25) is 4.79 Å². The highest BCUT2D eigenvalue weighted by atomic mass is 16.8. The van der Waals surface area contributed by atoms with Crippen LogP contribution in [-0.2, 0) is 20.7 Å². The van der Waals surface area contributed by atoms with Gasteiger partial charge < -0.3 is 20.1 Å². The Morgan fingerprint density at radius 3 is 2.38 bits per heavy atom. The molecule has 3 rings (SSSR count). The topological polar surface area (TPSA) is 64.8 Å². The van der Waals surface area contributed by atoms with Gasteiger partial charge in [-0.1, -0.05) is 12.1 Å². The van der Waals surface area contributed by atoms with Crippen LogP contribution in [0.15, 0.2) is 24.3 Å². The van der Waals surface area contributed by atoms with E-state index in [1.165, 1.54) is 0 Å². The second-order valence-electron chi connectivity index (χ2n) is 6.25. The van der Waals surface area contributed by atoms with E-state index in [0.717, 1.165) is 17.7 Å². The molecule has 2 atom stereocenters. The highest BCUT2D eigenvalue weighted by molar-refractivity contribution is 5.77. The largest absolute Gasteiger partial charge is 0.399 e. The van der Waals surface area contributed by atoms with Crippen molar-refractivity contribution in [3.63, 3.8) is 0 Å². The summed E-state index contributed by atoms with van der Waals surface area (Å²) in [6.45, 7) is 5.10. The summed E-state index contributed by atoms with van der Waals surface area (Å²) in [6.07, 6.45) is 1.27. The van der Waals surface area contributed by atoms with Crippen LogP contribution in [0.1, 0.15) is 25.8 Å². The van der Waals surface area contributed by atoms with Crippen LogP contribution in [0, 0.1) is 0 Å². The van der Waals surface area contributed by atoms with Crippen molar-refractivity contribution in [2.75, 3.05) is 18.8 Å². The second-order valence-corrected chi connectivity index (χ2v) is 6.25. The van der Waals surface area contributed by atoms with E-state index in [1.54, 1.807) is 0 Å². The molecule has 2 aliphatic rings. The maximum Gasteiger partial charge on any atom is 0.223 e. The second kappa shape index (κ2) is 5.31. The van der Waals surface area contributed by atoms with Crippen LogP contribution in [0.25, 0.3) is 0 Å². The molecule has 0 bridgehead atoms. The average Bonchev–Trinajstić information content (AvgIpc) is 2.91. The van der Waals surface area contributed by atoms with Crippen LogP contribution in [0.3, 0.4) is 0 Å². The SMILES string of the molecule is CC1(C)O[C@H]2CN(C(=O)CCc3ccc(N)cc3)C[C@H]2O1. The number of ether oxygens (including phenoxy) is 2. The maximum absolute atomic E-state index is 12.3. The van der Waals surface area contributed by atoms with Crippen molar-refractivity contribution < 1.29 is 14.3 Å². The Morgan fingerprint density at radius 1 is 1.24 bits per heavy atom. The van der Waals surface area contributed by atoms with Gasteiger partial charge >= 0.3 is 0 Å². The third-order valence-corrected chi connectivity index (χ3v) is 4.05. The van der Waals surface area contributed by atoms with E-state index in [2.05, 4.69) is 0 Å². The Morgan fingerprint density at radius 2 is 1.81 bits per heavy atom. The number of hydrogen-bond acceptors (Lipinski definition) is 4. The summed E-state index contributed by atoms with van der Waals surface area (Å²) in [6, 6.07) is 7.67. The van der Waals surface area contributed by atoms with Gasteiger partial charge in [-0.15, -0.1) is 0 Å². The summed E-state index contributed by atoms with van der Waals surface area (Å²) < 4.78 is 11.6. The maximum atomic E-state index is 12.3. The van der Waals surface area contributed by atoms with E-state index in [-0.39, 0.29) is 18.1 Å². The number of nitrogen functional groups attached to an aromatic ring is 1. The van der Waals surface area contributed by atoms with Crippen molar-refractivity contribution in [1.82, 2.24) is 4.90 Å². The first-order chi connectivity index (χ1) is 9.93. The number of rotatable bonds is 3. The van der Waals surface area contributed by atoms with Crippen molar-refractivity contribution in [3.8, 4) is 0 Å². The average molecular weight is 290 g/mol. The van der Waals surface area contributed by atoms with Crippen LogP contribution >= 0.6 is 0 Å². The summed E-state index contributed by atoms with van der Waals surface area (Å²) in [7, 11) is 0. The van der Waals surface area contributed by atoms with Gasteiger partial charge in [0.15, 0.2) is 5.79 Å². The van der Waals surface area contributed by atoms with Gasteiger partial charge in [0.2, 0.25) is 5.91 Å². The third kappa shape index (κ3) is 3.19. The van der Waals surface area contributed by atoms with Gasteiger partial charge in [0, 0.05) is 25.2 Å². The minimum Gasteiger partial charge on any atom is -0.399 e. The van der Waals surface area contributed by atoms with E-state index in [4.69, 9.17) is 15.2 Å². The smallest absolute Gasteiger partial charge is 0.223 e. The zero-order valence-corrected chi connectivity index (χ0v) is 12.5. The summed E-state index contributed by atoms with van der Waals surface area (Å²) in [5.74, 6) is -0.361. The van der Waals surface area contributed by atoms with Crippen molar-refractivity contribution >= 4 is 11.6 Å². The lowest BCUT2D eigenvalue weighted by atomic mass is 10.1. The Balaban J connectivity index is 1.50. The molecule has 21 heavy (non-hydrogen) atoms. The van der Waals surface area contributed by atoms with Gasteiger partial charge in [0.05, 0.1) is 0 Å². The molecule has 1 aromatic rings. The van der Waals surface area contributed by atoms with Gasteiger partial charge in [0.25, 0.3) is 0 Å². The Kier molecular flexibility index (Phi) is 3.63. The molecule has 2 N–H and O–H groups in total. The molecule has 0 radical (unpaired) electrons. The van der Waals surface area contributed by atoms with Crippen LogP contribution < -0.4 is 5.73 Å². The molecular weight excluding hydrogens is 268 g/mol. The van der Waals surface area contributed by atoms with Crippen LogP contribution in [0.5, 0.6) is 0 Å². The molecule has 0 saturated carbocycles. The third-order valence-electron chi connectivity index (χ3n) is 4.05. The van der Waals surface area contributed by atoms with E-state index in [0.29, 0.717) is 19.5 Å².